The average Bonchev–Trinajstić information content (AvgIpc) is 3.31. The number of hydrogen-bond acceptors (Lipinski definition) is 6. The summed E-state index contributed by atoms with van der Waals surface area (Å²) in [6.45, 7) is -0.0639. The van der Waals surface area contributed by atoms with Crippen LogP contribution in [0.15, 0.2) is 84.1 Å². The van der Waals surface area contributed by atoms with Crippen LogP contribution in [0.3, 0.4) is 0 Å². The van der Waals surface area contributed by atoms with Gasteiger partial charge in [-0.25, -0.2) is 13.1 Å². The standard InChI is InChI=1S/C25H24N4O3S/c1-33(31,32)25-10-7-22(8-11-25)21-5-2-20(3-6-21)16-24(18-30)29-17-23(27-28-29)9-4-19-12-14-26-15-13-19/h2-15,17,24,30H,16,18H2,1H3. The number of hydrogen-bond donors (Lipinski definition) is 1. The maximum Gasteiger partial charge on any atom is 0.175 e. The monoisotopic (exact) mass is 460 g/mol. The van der Waals surface area contributed by atoms with Gasteiger partial charge in [-0.05, 0) is 59.0 Å². The largest absolute Gasteiger partial charge is 0.394 e. The highest BCUT2D eigenvalue weighted by Gasteiger charge is 2.13. The topological polar surface area (TPSA) is 98.0 Å². The molecule has 8 heteroatoms. The molecule has 4 rings (SSSR count). The van der Waals surface area contributed by atoms with E-state index in [1.54, 1.807) is 41.3 Å². The van der Waals surface area contributed by atoms with E-state index in [-0.39, 0.29) is 12.6 Å². The maximum atomic E-state index is 11.6. The van der Waals surface area contributed by atoms with E-state index >= 15 is 0 Å². The molecular formula is C25H24N4O3S. The van der Waals surface area contributed by atoms with Crippen LogP contribution in [0.25, 0.3) is 23.3 Å². The van der Waals surface area contributed by atoms with E-state index in [0.29, 0.717) is 17.0 Å². The van der Waals surface area contributed by atoms with Gasteiger partial charge in [0.05, 0.1) is 23.7 Å². The first-order valence-electron chi connectivity index (χ1n) is 10.4. The molecule has 33 heavy (non-hydrogen) atoms. The Hall–Kier alpha value is -3.62. The van der Waals surface area contributed by atoms with Gasteiger partial charge in [-0.1, -0.05) is 47.7 Å². The first kappa shape index (κ1) is 22.6. The molecule has 0 aliphatic carbocycles. The molecule has 0 aliphatic rings. The molecular weight excluding hydrogens is 436 g/mol. The van der Waals surface area contributed by atoms with Crippen LogP contribution in [0.1, 0.15) is 22.9 Å². The minimum Gasteiger partial charge on any atom is -0.394 e. The van der Waals surface area contributed by atoms with Gasteiger partial charge in [-0.3, -0.25) is 4.98 Å². The molecule has 1 atom stereocenters. The Bertz CT molecular complexity index is 1330. The smallest absolute Gasteiger partial charge is 0.175 e. The molecule has 0 bridgehead atoms. The number of pyridine rings is 1. The van der Waals surface area contributed by atoms with Gasteiger partial charge in [0, 0.05) is 18.6 Å². The molecule has 7 nitrogen and oxygen atoms in total. The van der Waals surface area contributed by atoms with Gasteiger partial charge < -0.3 is 5.11 Å². The van der Waals surface area contributed by atoms with Gasteiger partial charge in [-0.15, -0.1) is 5.10 Å². The zero-order chi connectivity index (χ0) is 23.3. The molecule has 0 amide bonds. The fourth-order valence-electron chi connectivity index (χ4n) is 3.44. The summed E-state index contributed by atoms with van der Waals surface area (Å²) in [6, 6.07) is 18.4. The fourth-order valence-corrected chi connectivity index (χ4v) is 4.07. The molecule has 2 heterocycles. The summed E-state index contributed by atoms with van der Waals surface area (Å²) in [6.07, 6.45) is 10.9. The predicted molar refractivity (Wildman–Crippen MR) is 128 cm³/mol. The van der Waals surface area contributed by atoms with Crippen molar-refractivity contribution in [1.29, 1.82) is 0 Å². The first-order valence-corrected chi connectivity index (χ1v) is 12.3. The Kier molecular flexibility index (Phi) is 6.76. The molecule has 2 aromatic carbocycles. The molecule has 0 fully saturated rings. The molecule has 0 spiro atoms. The third-order valence-corrected chi connectivity index (χ3v) is 6.44. The van der Waals surface area contributed by atoms with Gasteiger partial charge in [0.15, 0.2) is 9.84 Å². The van der Waals surface area contributed by atoms with E-state index in [4.69, 9.17) is 0 Å². The first-order chi connectivity index (χ1) is 15.9. The normalized spacial score (nSPS) is 12.8. The second-order valence-corrected chi connectivity index (χ2v) is 9.79. The summed E-state index contributed by atoms with van der Waals surface area (Å²) in [5.41, 5.74) is 4.70. The van der Waals surface area contributed by atoms with E-state index in [2.05, 4.69) is 15.3 Å². The van der Waals surface area contributed by atoms with Crippen molar-refractivity contribution >= 4 is 22.0 Å². The lowest BCUT2D eigenvalue weighted by atomic mass is 10.0. The number of aliphatic hydroxyl groups is 1. The van der Waals surface area contributed by atoms with Crippen LogP contribution in [0.2, 0.25) is 0 Å². The molecule has 0 radical (unpaired) electrons. The Morgan fingerprint density at radius 1 is 0.939 bits per heavy atom. The number of nitrogens with zero attached hydrogens (tertiary/aromatic N) is 4. The van der Waals surface area contributed by atoms with E-state index in [9.17, 15) is 13.5 Å². The quantitative estimate of drug-likeness (QED) is 0.431. The molecule has 0 aliphatic heterocycles. The number of rotatable bonds is 8. The second kappa shape index (κ2) is 9.89. The number of aliphatic hydroxyl groups excluding tert-OH is 1. The fraction of sp³-hybridized carbons (Fsp3) is 0.160. The van der Waals surface area contributed by atoms with Gasteiger partial charge in [0.25, 0.3) is 0 Å². The SMILES string of the molecule is CS(=O)(=O)c1ccc(-c2ccc(CC(CO)n3cc(C=Cc4ccncc4)nn3)cc2)cc1. The molecule has 0 saturated carbocycles. The predicted octanol–water partition coefficient (Wildman–Crippen LogP) is 3.69. The molecule has 2 aromatic heterocycles. The van der Waals surface area contributed by atoms with Crippen LogP contribution < -0.4 is 0 Å². The van der Waals surface area contributed by atoms with Crippen LogP contribution in [0.4, 0.5) is 0 Å². The van der Waals surface area contributed by atoms with Gasteiger partial charge in [0.2, 0.25) is 0 Å². The number of benzene rings is 2. The van der Waals surface area contributed by atoms with Gasteiger partial charge in [-0.2, -0.15) is 0 Å². The van der Waals surface area contributed by atoms with E-state index in [0.717, 1.165) is 22.3 Å². The van der Waals surface area contributed by atoms with E-state index in [1.807, 2.05) is 54.7 Å². The van der Waals surface area contributed by atoms with Crippen molar-refractivity contribution in [3.63, 3.8) is 0 Å². The third-order valence-electron chi connectivity index (χ3n) is 5.31. The van der Waals surface area contributed by atoms with E-state index < -0.39 is 9.84 Å². The van der Waals surface area contributed by atoms with Crippen LogP contribution in [0.5, 0.6) is 0 Å². The second-order valence-electron chi connectivity index (χ2n) is 7.77. The van der Waals surface area contributed by atoms with Crippen LogP contribution in [-0.2, 0) is 16.3 Å². The van der Waals surface area contributed by atoms with Crippen molar-refractivity contribution in [2.45, 2.75) is 17.4 Å². The van der Waals surface area contributed by atoms with Crippen molar-refractivity contribution < 1.29 is 13.5 Å². The Balaban J connectivity index is 1.44. The van der Waals surface area contributed by atoms with Gasteiger partial charge >= 0.3 is 0 Å². The Morgan fingerprint density at radius 3 is 2.18 bits per heavy atom. The summed E-state index contributed by atoms with van der Waals surface area (Å²) < 4.78 is 25.0. The van der Waals surface area contributed by atoms with Crippen LogP contribution in [0, 0.1) is 0 Å². The molecule has 168 valence electrons. The zero-order valence-corrected chi connectivity index (χ0v) is 18.9. The number of aromatic nitrogens is 4. The van der Waals surface area contributed by atoms with E-state index in [1.165, 1.54) is 6.26 Å². The van der Waals surface area contributed by atoms with Crippen LogP contribution in [-0.4, -0.2) is 46.4 Å². The highest BCUT2D eigenvalue weighted by molar-refractivity contribution is 7.90. The molecule has 1 unspecified atom stereocenters. The minimum atomic E-state index is -3.21. The van der Waals surface area contributed by atoms with Crippen molar-refractivity contribution in [3.8, 4) is 11.1 Å². The lowest BCUT2D eigenvalue weighted by Gasteiger charge is -2.14. The maximum absolute atomic E-state index is 11.6. The summed E-state index contributed by atoms with van der Waals surface area (Å²) in [5, 5.41) is 18.3. The summed E-state index contributed by atoms with van der Waals surface area (Å²) in [4.78, 5) is 4.30. The molecule has 1 N–H and O–H groups in total. The zero-order valence-electron chi connectivity index (χ0n) is 18.1. The summed E-state index contributed by atoms with van der Waals surface area (Å²) in [7, 11) is -3.21. The third kappa shape index (κ3) is 5.79. The lowest BCUT2D eigenvalue weighted by Crippen LogP contribution is -2.16. The Morgan fingerprint density at radius 2 is 1.58 bits per heavy atom. The highest BCUT2D eigenvalue weighted by Crippen LogP contribution is 2.23. The number of sulfone groups is 1. The lowest BCUT2D eigenvalue weighted by molar-refractivity contribution is 0.216. The van der Waals surface area contributed by atoms with Crippen molar-refractivity contribution in [2.24, 2.45) is 0 Å². The van der Waals surface area contributed by atoms with Crippen molar-refractivity contribution in [1.82, 2.24) is 20.0 Å². The van der Waals surface area contributed by atoms with Crippen molar-refractivity contribution in [3.05, 3.63) is 96.1 Å². The average molecular weight is 461 g/mol. The Labute approximate surface area is 193 Å². The van der Waals surface area contributed by atoms with Crippen LogP contribution >= 0.6 is 0 Å². The highest BCUT2D eigenvalue weighted by atomic mass is 32.2. The molecule has 4 aromatic rings. The minimum absolute atomic E-state index is 0.0639. The van der Waals surface area contributed by atoms with Gasteiger partial charge in [0.1, 0.15) is 5.69 Å². The summed E-state index contributed by atoms with van der Waals surface area (Å²) in [5.74, 6) is 0. The molecule has 0 saturated heterocycles. The summed E-state index contributed by atoms with van der Waals surface area (Å²) >= 11 is 0. The van der Waals surface area contributed by atoms with Crippen molar-refractivity contribution in [2.75, 3.05) is 12.9 Å².